The molecule has 1 fully saturated rings. The Morgan fingerprint density at radius 2 is 2.39 bits per heavy atom. The van der Waals surface area contributed by atoms with Gasteiger partial charge in [-0.05, 0) is 6.42 Å². The number of piperidine rings is 1. The van der Waals surface area contributed by atoms with Crippen molar-refractivity contribution in [2.45, 2.75) is 18.9 Å². The summed E-state index contributed by atoms with van der Waals surface area (Å²) in [6.45, 7) is 0.471. The molecule has 9 nitrogen and oxygen atoms in total. The third-order valence-electron chi connectivity index (χ3n) is 2.59. The summed E-state index contributed by atoms with van der Waals surface area (Å²) >= 11 is 0. The fraction of sp³-hybridized carbons (Fsp3) is 0.444. The summed E-state index contributed by atoms with van der Waals surface area (Å²) in [7, 11) is 0. The molecule has 1 aliphatic heterocycles. The number of aromatic nitrogens is 2. The van der Waals surface area contributed by atoms with Gasteiger partial charge in [-0.15, -0.1) is 0 Å². The maximum atomic E-state index is 11.0. The zero-order chi connectivity index (χ0) is 13.1. The van der Waals surface area contributed by atoms with Gasteiger partial charge in [0.25, 0.3) is 0 Å². The zero-order valence-corrected chi connectivity index (χ0v) is 9.42. The number of nitrogen functional groups attached to an aromatic ring is 1. The number of nitrogens with zero attached hydrogens (tertiary/aromatic N) is 3. The van der Waals surface area contributed by atoms with Crippen LogP contribution in [0.1, 0.15) is 12.8 Å². The van der Waals surface area contributed by atoms with E-state index in [0.29, 0.717) is 19.4 Å². The van der Waals surface area contributed by atoms with Crippen LogP contribution >= 0.6 is 0 Å². The second-order valence-corrected chi connectivity index (χ2v) is 3.91. The van der Waals surface area contributed by atoms with Gasteiger partial charge in [-0.25, -0.2) is 4.98 Å². The Bertz CT molecular complexity index is 481. The van der Waals surface area contributed by atoms with E-state index in [9.17, 15) is 14.9 Å². The van der Waals surface area contributed by atoms with Crippen molar-refractivity contribution in [1.82, 2.24) is 15.3 Å². The van der Waals surface area contributed by atoms with Crippen molar-refractivity contribution < 1.29 is 9.72 Å². The normalized spacial score (nSPS) is 19.1. The van der Waals surface area contributed by atoms with Crippen LogP contribution in [0, 0.1) is 10.1 Å². The van der Waals surface area contributed by atoms with Crippen LogP contribution in [-0.4, -0.2) is 33.4 Å². The summed E-state index contributed by atoms with van der Waals surface area (Å²) in [6.07, 6.45) is 2.15. The first kappa shape index (κ1) is 12.0. The van der Waals surface area contributed by atoms with E-state index in [2.05, 4.69) is 20.6 Å². The standard InChI is InChI=1S/C9H12N6O3/c10-8-6(15(17)18)4-12-9(14-8)13-5-1-2-7(16)11-3-5/h4-5H,1-3H2,(H,11,16)(H3,10,12,13,14). The van der Waals surface area contributed by atoms with Crippen LogP contribution in [-0.2, 0) is 4.79 Å². The fourth-order valence-corrected chi connectivity index (χ4v) is 1.64. The molecule has 96 valence electrons. The Morgan fingerprint density at radius 1 is 1.61 bits per heavy atom. The monoisotopic (exact) mass is 252 g/mol. The number of nitrogens with two attached hydrogens (primary N) is 1. The van der Waals surface area contributed by atoms with Gasteiger partial charge in [0.05, 0.1) is 4.92 Å². The highest BCUT2D eigenvalue weighted by molar-refractivity contribution is 5.76. The van der Waals surface area contributed by atoms with Crippen molar-refractivity contribution in [2.75, 3.05) is 17.6 Å². The third-order valence-corrected chi connectivity index (χ3v) is 2.59. The molecule has 0 bridgehead atoms. The molecule has 9 heteroatoms. The topological polar surface area (TPSA) is 136 Å². The van der Waals surface area contributed by atoms with E-state index in [4.69, 9.17) is 5.73 Å². The molecule has 2 heterocycles. The molecule has 1 aliphatic rings. The second-order valence-electron chi connectivity index (χ2n) is 3.91. The lowest BCUT2D eigenvalue weighted by Gasteiger charge is -2.23. The van der Waals surface area contributed by atoms with Gasteiger partial charge in [0.2, 0.25) is 17.7 Å². The summed E-state index contributed by atoms with van der Waals surface area (Å²) in [4.78, 5) is 28.5. The van der Waals surface area contributed by atoms with E-state index in [1.807, 2.05) is 0 Å². The van der Waals surface area contributed by atoms with Gasteiger partial charge in [0.15, 0.2) is 0 Å². The Morgan fingerprint density at radius 3 is 2.94 bits per heavy atom. The van der Waals surface area contributed by atoms with Crippen LogP contribution in [0.4, 0.5) is 17.5 Å². The second kappa shape index (κ2) is 4.82. The minimum Gasteiger partial charge on any atom is -0.378 e. The molecule has 0 saturated carbocycles. The molecule has 0 aromatic carbocycles. The Labute approximate surface area is 102 Å². The van der Waals surface area contributed by atoms with Gasteiger partial charge < -0.3 is 16.4 Å². The molecular weight excluding hydrogens is 240 g/mol. The number of nitro groups is 1. The molecule has 1 saturated heterocycles. The molecule has 1 amide bonds. The van der Waals surface area contributed by atoms with E-state index in [1.54, 1.807) is 0 Å². The molecule has 18 heavy (non-hydrogen) atoms. The van der Waals surface area contributed by atoms with Gasteiger partial charge in [0.1, 0.15) is 6.20 Å². The maximum absolute atomic E-state index is 11.0. The number of anilines is 2. The highest BCUT2D eigenvalue weighted by Crippen LogP contribution is 2.19. The van der Waals surface area contributed by atoms with Crippen molar-refractivity contribution in [2.24, 2.45) is 0 Å². The van der Waals surface area contributed by atoms with Crippen LogP contribution < -0.4 is 16.4 Å². The number of carbonyl (C=O) groups excluding carboxylic acids is 1. The van der Waals surface area contributed by atoms with E-state index in [1.165, 1.54) is 0 Å². The summed E-state index contributed by atoms with van der Waals surface area (Å²) < 4.78 is 0. The highest BCUT2D eigenvalue weighted by atomic mass is 16.6. The van der Waals surface area contributed by atoms with Gasteiger partial charge in [-0.2, -0.15) is 4.98 Å². The van der Waals surface area contributed by atoms with Crippen molar-refractivity contribution in [3.63, 3.8) is 0 Å². The minimum atomic E-state index is -0.639. The first-order valence-electron chi connectivity index (χ1n) is 5.36. The molecule has 1 aromatic rings. The number of hydrogen-bond acceptors (Lipinski definition) is 7. The van der Waals surface area contributed by atoms with Gasteiger partial charge in [-0.3, -0.25) is 14.9 Å². The van der Waals surface area contributed by atoms with Gasteiger partial charge >= 0.3 is 5.69 Å². The predicted octanol–water partition coefficient (Wildman–Crippen LogP) is -0.342. The molecule has 1 unspecified atom stereocenters. The number of nitrogens with one attached hydrogen (secondary N) is 2. The molecule has 2 rings (SSSR count). The summed E-state index contributed by atoms with van der Waals surface area (Å²) in [5, 5.41) is 16.2. The van der Waals surface area contributed by atoms with Crippen molar-refractivity contribution in [3.05, 3.63) is 16.3 Å². The summed E-state index contributed by atoms with van der Waals surface area (Å²) in [6, 6.07) is 0.00329. The lowest BCUT2D eigenvalue weighted by atomic mass is 10.1. The zero-order valence-electron chi connectivity index (χ0n) is 9.42. The fourth-order valence-electron chi connectivity index (χ4n) is 1.64. The molecule has 1 aromatic heterocycles. The number of carbonyl (C=O) groups is 1. The smallest absolute Gasteiger partial charge is 0.329 e. The number of hydrogen-bond donors (Lipinski definition) is 3. The van der Waals surface area contributed by atoms with Crippen LogP contribution in [0.3, 0.4) is 0 Å². The van der Waals surface area contributed by atoms with E-state index >= 15 is 0 Å². The van der Waals surface area contributed by atoms with Crippen molar-refractivity contribution >= 4 is 23.4 Å². The largest absolute Gasteiger partial charge is 0.378 e. The Balaban J connectivity index is 2.04. The highest BCUT2D eigenvalue weighted by Gasteiger charge is 2.20. The third kappa shape index (κ3) is 2.62. The van der Waals surface area contributed by atoms with Crippen LogP contribution in [0.5, 0.6) is 0 Å². The first-order chi connectivity index (χ1) is 8.56. The number of rotatable bonds is 3. The first-order valence-corrected chi connectivity index (χ1v) is 5.36. The maximum Gasteiger partial charge on any atom is 0.329 e. The average molecular weight is 252 g/mol. The van der Waals surface area contributed by atoms with Crippen molar-refractivity contribution in [3.8, 4) is 0 Å². The van der Waals surface area contributed by atoms with E-state index in [0.717, 1.165) is 6.20 Å². The van der Waals surface area contributed by atoms with Crippen LogP contribution in [0.15, 0.2) is 6.20 Å². The lowest BCUT2D eigenvalue weighted by molar-refractivity contribution is -0.384. The lowest BCUT2D eigenvalue weighted by Crippen LogP contribution is -2.42. The van der Waals surface area contributed by atoms with E-state index < -0.39 is 4.92 Å². The van der Waals surface area contributed by atoms with Gasteiger partial charge in [-0.1, -0.05) is 0 Å². The van der Waals surface area contributed by atoms with Crippen LogP contribution in [0.2, 0.25) is 0 Å². The SMILES string of the molecule is Nc1nc(NC2CCC(=O)NC2)ncc1[N+](=O)[O-]. The van der Waals surface area contributed by atoms with Gasteiger partial charge in [0, 0.05) is 19.0 Å². The van der Waals surface area contributed by atoms with E-state index in [-0.39, 0.29) is 29.4 Å². The molecule has 0 radical (unpaired) electrons. The molecule has 0 spiro atoms. The van der Waals surface area contributed by atoms with Crippen molar-refractivity contribution in [1.29, 1.82) is 0 Å². The summed E-state index contributed by atoms with van der Waals surface area (Å²) in [5.74, 6) is 0.0498. The quantitative estimate of drug-likeness (QED) is 0.494. The van der Waals surface area contributed by atoms with Crippen LogP contribution in [0.25, 0.3) is 0 Å². The molecular formula is C9H12N6O3. The molecule has 4 N–H and O–H groups in total. The minimum absolute atomic E-state index is 0.00329. The Kier molecular flexibility index (Phi) is 3.22. The summed E-state index contributed by atoms with van der Waals surface area (Å²) in [5.41, 5.74) is 5.13. The molecule has 0 aliphatic carbocycles. The molecule has 1 atom stereocenters. The average Bonchev–Trinajstić information content (AvgIpc) is 2.32. The predicted molar refractivity (Wildman–Crippen MR) is 62.8 cm³/mol. The Hall–Kier alpha value is -2.45. The number of amides is 1.